The molecule has 1 atom stereocenters. The highest BCUT2D eigenvalue weighted by Gasteiger charge is 2.30. The zero-order chi connectivity index (χ0) is 22.3. The van der Waals surface area contributed by atoms with Crippen LogP contribution >= 0.6 is 0 Å². The zero-order valence-electron chi connectivity index (χ0n) is 17.9. The molecule has 1 heterocycles. The van der Waals surface area contributed by atoms with Crippen LogP contribution in [0.4, 0.5) is 11.5 Å². The molecule has 1 aromatic carbocycles. The van der Waals surface area contributed by atoms with Crippen molar-refractivity contribution in [3.05, 3.63) is 51.2 Å². The van der Waals surface area contributed by atoms with Crippen molar-refractivity contribution in [2.24, 2.45) is 5.92 Å². The number of nitrogens with one attached hydrogen (secondary N) is 1. The number of carbonyl (C=O) groups is 1. The lowest BCUT2D eigenvalue weighted by Gasteiger charge is -2.28. The summed E-state index contributed by atoms with van der Waals surface area (Å²) in [5, 5.41) is 0. The van der Waals surface area contributed by atoms with Crippen molar-refractivity contribution >= 4 is 17.4 Å². The highest BCUT2D eigenvalue weighted by atomic mass is 16.5. The minimum Gasteiger partial charge on any atom is -0.481 e. The first kappa shape index (κ1) is 23.2. The van der Waals surface area contributed by atoms with Crippen molar-refractivity contribution in [3.8, 4) is 5.75 Å². The van der Waals surface area contributed by atoms with Crippen molar-refractivity contribution in [3.63, 3.8) is 0 Å². The first-order chi connectivity index (χ1) is 14.3. The Morgan fingerprint density at radius 1 is 1.23 bits per heavy atom. The van der Waals surface area contributed by atoms with Gasteiger partial charge in [0, 0.05) is 20.2 Å². The van der Waals surface area contributed by atoms with Crippen molar-refractivity contribution in [2.75, 3.05) is 30.9 Å². The van der Waals surface area contributed by atoms with Crippen LogP contribution in [0.1, 0.15) is 27.2 Å². The summed E-state index contributed by atoms with van der Waals surface area (Å²) in [5.74, 6) is 0.148. The Morgan fingerprint density at radius 2 is 1.90 bits per heavy atom. The van der Waals surface area contributed by atoms with Gasteiger partial charge in [0.2, 0.25) is 0 Å². The SMILES string of the molecule is CCC(Oc1ccccc1)C(=O)N(CCOC)c1c(N)n(CC(C)C)c(=O)[nH]c1=O. The van der Waals surface area contributed by atoms with Crippen LogP contribution in [0.5, 0.6) is 5.75 Å². The van der Waals surface area contributed by atoms with Gasteiger partial charge in [-0.1, -0.05) is 39.0 Å². The predicted molar refractivity (Wildman–Crippen MR) is 116 cm³/mol. The van der Waals surface area contributed by atoms with E-state index < -0.39 is 23.3 Å². The van der Waals surface area contributed by atoms with Crippen LogP contribution in [0.3, 0.4) is 0 Å². The Labute approximate surface area is 175 Å². The minimum atomic E-state index is -0.839. The minimum absolute atomic E-state index is 0.0588. The second kappa shape index (κ2) is 10.6. The molecule has 0 spiro atoms. The first-order valence-electron chi connectivity index (χ1n) is 9.94. The van der Waals surface area contributed by atoms with E-state index >= 15 is 0 Å². The van der Waals surface area contributed by atoms with Gasteiger partial charge >= 0.3 is 5.69 Å². The molecule has 1 aromatic heterocycles. The maximum atomic E-state index is 13.4. The Morgan fingerprint density at radius 3 is 2.47 bits per heavy atom. The van der Waals surface area contributed by atoms with Gasteiger partial charge in [0.25, 0.3) is 11.5 Å². The summed E-state index contributed by atoms with van der Waals surface area (Å²) >= 11 is 0. The van der Waals surface area contributed by atoms with Crippen LogP contribution in [0, 0.1) is 5.92 Å². The van der Waals surface area contributed by atoms with E-state index in [1.807, 2.05) is 26.8 Å². The largest absolute Gasteiger partial charge is 0.481 e. The number of aromatic nitrogens is 2. The molecule has 0 fully saturated rings. The molecule has 9 nitrogen and oxygen atoms in total. The molecule has 2 aromatic rings. The lowest BCUT2D eigenvalue weighted by Crippen LogP contribution is -2.47. The van der Waals surface area contributed by atoms with Gasteiger partial charge in [0.1, 0.15) is 11.6 Å². The number of nitrogens with zero attached hydrogens (tertiary/aromatic N) is 2. The number of aromatic amines is 1. The van der Waals surface area contributed by atoms with Gasteiger partial charge in [0.05, 0.1) is 6.61 Å². The van der Waals surface area contributed by atoms with E-state index in [1.54, 1.807) is 24.3 Å². The topological polar surface area (TPSA) is 120 Å². The summed E-state index contributed by atoms with van der Waals surface area (Å²) in [5.41, 5.74) is 4.79. The lowest BCUT2D eigenvalue weighted by molar-refractivity contribution is -0.125. The average Bonchev–Trinajstić information content (AvgIpc) is 2.71. The third-order valence-electron chi connectivity index (χ3n) is 4.48. The maximum absolute atomic E-state index is 13.4. The van der Waals surface area contributed by atoms with Crippen LogP contribution < -0.4 is 26.6 Å². The summed E-state index contributed by atoms with van der Waals surface area (Å²) < 4.78 is 12.2. The van der Waals surface area contributed by atoms with Gasteiger partial charge < -0.3 is 15.2 Å². The molecule has 0 aliphatic heterocycles. The van der Waals surface area contributed by atoms with Crippen molar-refractivity contribution < 1.29 is 14.3 Å². The van der Waals surface area contributed by atoms with Crippen LogP contribution in [0.15, 0.2) is 39.9 Å². The summed E-state index contributed by atoms with van der Waals surface area (Å²) in [6.07, 6.45) is -0.464. The summed E-state index contributed by atoms with van der Waals surface area (Å²) in [7, 11) is 1.49. The van der Waals surface area contributed by atoms with Gasteiger partial charge in [-0.25, -0.2) is 4.79 Å². The van der Waals surface area contributed by atoms with Gasteiger partial charge in [-0.3, -0.25) is 24.0 Å². The smallest absolute Gasteiger partial charge is 0.330 e. The van der Waals surface area contributed by atoms with E-state index in [0.717, 1.165) is 0 Å². The van der Waals surface area contributed by atoms with Gasteiger partial charge in [-0.15, -0.1) is 0 Å². The number of hydrogen-bond acceptors (Lipinski definition) is 6. The van der Waals surface area contributed by atoms with Crippen molar-refractivity contribution in [2.45, 2.75) is 39.8 Å². The quantitative estimate of drug-likeness (QED) is 0.605. The molecule has 0 aliphatic carbocycles. The molecule has 3 N–H and O–H groups in total. The van der Waals surface area contributed by atoms with Crippen LogP contribution in [0.25, 0.3) is 0 Å². The van der Waals surface area contributed by atoms with Crippen molar-refractivity contribution in [1.82, 2.24) is 9.55 Å². The number of nitrogens with two attached hydrogens (primary N) is 1. The summed E-state index contributed by atoms with van der Waals surface area (Å²) in [6, 6.07) is 8.96. The number of amides is 1. The fraction of sp³-hybridized carbons (Fsp3) is 0.476. The molecule has 2 rings (SSSR count). The Hall–Kier alpha value is -3.07. The molecule has 0 aliphatic rings. The fourth-order valence-electron chi connectivity index (χ4n) is 3.04. The average molecular weight is 418 g/mol. The predicted octanol–water partition coefficient (Wildman–Crippen LogP) is 1.61. The zero-order valence-corrected chi connectivity index (χ0v) is 17.9. The second-order valence-corrected chi connectivity index (χ2v) is 7.31. The molecule has 0 saturated carbocycles. The lowest BCUT2D eigenvalue weighted by atomic mass is 10.2. The maximum Gasteiger partial charge on any atom is 0.330 e. The van der Waals surface area contributed by atoms with E-state index in [0.29, 0.717) is 18.7 Å². The number of benzene rings is 1. The molecule has 1 unspecified atom stereocenters. The molecule has 164 valence electrons. The molecule has 30 heavy (non-hydrogen) atoms. The molecule has 0 saturated heterocycles. The fourth-order valence-corrected chi connectivity index (χ4v) is 3.04. The number of H-pyrrole nitrogens is 1. The third kappa shape index (κ3) is 5.50. The molecule has 0 bridgehead atoms. The molecule has 9 heteroatoms. The molecular weight excluding hydrogens is 388 g/mol. The standard InChI is InChI=1S/C21H30N4O5/c1-5-16(30-15-9-7-6-8-10-15)20(27)24(11-12-29-4)17-18(22)25(13-14(2)3)21(28)23-19(17)26/h6-10,14,16H,5,11-13,22H2,1-4H3,(H,23,26,28). The van der Waals surface area contributed by atoms with E-state index in [2.05, 4.69) is 4.98 Å². The number of ether oxygens (including phenoxy) is 2. The monoisotopic (exact) mass is 418 g/mol. The molecule has 1 amide bonds. The van der Waals surface area contributed by atoms with E-state index in [-0.39, 0.29) is 30.6 Å². The highest BCUT2D eigenvalue weighted by Crippen LogP contribution is 2.21. The van der Waals surface area contributed by atoms with Gasteiger partial charge in [0.15, 0.2) is 11.8 Å². The Bertz CT molecular complexity index is 952. The number of anilines is 2. The number of para-hydroxylation sites is 1. The number of hydrogen-bond donors (Lipinski definition) is 2. The normalized spacial score (nSPS) is 12.0. The highest BCUT2D eigenvalue weighted by molar-refractivity contribution is 5.98. The molecule has 0 radical (unpaired) electrons. The van der Waals surface area contributed by atoms with Crippen molar-refractivity contribution in [1.29, 1.82) is 0 Å². The summed E-state index contributed by atoms with van der Waals surface area (Å²) in [4.78, 5) is 41.8. The molecular formula is C21H30N4O5. The second-order valence-electron chi connectivity index (χ2n) is 7.31. The number of rotatable bonds is 10. The van der Waals surface area contributed by atoms with Gasteiger partial charge in [-0.2, -0.15) is 0 Å². The van der Waals surface area contributed by atoms with E-state index in [9.17, 15) is 14.4 Å². The number of methoxy groups -OCH3 is 1. The van der Waals surface area contributed by atoms with Crippen LogP contribution in [-0.2, 0) is 16.1 Å². The number of carbonyl (C=O) groups excluding carboxylic acids is 1. The first-order valence-corrected chi connectivity index (χ1v) is 9.94. The van der Waals surface area contributed by atoms with Crippen LogP contribution in [-0.4, -0.2) is 41.8 Å². The van der Waals surface area contributed by atoms with Gasteiger partial charge in [-0.05, 0) is 24.5 Å². The summed E-state index contributed by atoms with van der Waals surface area (Å²) in [6.45, 7) is 6.22. The van der Waals surface area contributed by atoms with E-state index in [1.165, 1.54) is 16.6 Å². The Balaban J connectivity index is 2.49. The van der Waals surface area contributed by atoms with E-state index in [4.69, 9.17) is 15.2 Å². The third-order valence-corrected chi connectivity index (χ3v) is 4.48. The number of nitrogen functional groups attached to an aromatic ring is 1. The Kier molecular flexibility index (Phi) is 8.23. The van der Waals surface area contributed by atoms with Crippen LogP contribution in [0.2, 0.25) is 0 Å².